The molecule has 2 fully saturated rings. The van der Waals surface area contributed by atoms with Crippen molar-refractivity contribution in [3.8, 4) is 11.5 Å². The lowest BCUT2D eigenvalue weighted by Gasteiger charge is -2.34. The highest BCUT2D eigenvalue weighted by atomic mass is 16.7. The Morgan fingerprint density at radius 2 is 1.96 bits per heavy atom. The maximum absolute atomic E-state index is 11.0. The minimum Gasteiger partial charge on any atom is -0.481 e. The van der Waals surface area contributed by atoms with Crippen LogP contribution in [0.2, 0.25) is 0 Å². The molecule has 3 aliphatic rings. The molecule has 0 saturated carbocycles. The molecule has 4 rings (SSSR count). The number of fused-ring (bicyclic) bond motifs is 1. The summed E-state index contributed by atoms with van der Waals surface area (Å²) in [6, 6.07) is 6.25. The van der Waals surface area contributed by atoms with Gasteiger partial charge in [0.25, 0.3) is 0 Å². The van der Waals surface area contributed by atoms with Crippen LogP contribution >= 0.6 is 0 Å². The van der Waals surface area contributed by atoms with Crippen LogP contribution in [-0.4, -0.2) is 42.0 Å². The largest absolute Gasteiger partial charge is 0.481 e. The predicted molar refractivity (Wildman–Crippen MR) is 81.9 cm³/mol. The van der Waals surface area contributed by atoms with Gasteiger partial charge in [-0.1, -0.05) is 6.07 Å². The second-order valence-electron chi connectivity index (χ2n) is 6.35. The van der Waals surface area contributed by atoms with Crippen molar-refractivity contribution in [2.75, 3.05) is 19.9 Å². The van der Waals surface area contributed by atoms with Crippen LogP contribution in [0.3, 0.4) is 0 Å². The van der Waals surface area contributed by atoms with E-state index in [1.807, 2.05) is 12.1 Å². The summed E-state index contributed by atoms with van der Waals surface area (Å²) in [5.74, 6) is 0.743. The molecular weight excluding hydrogens is 298 g/mol. The van der Waals surface area contributed by atoms with Gasteiger partial charge in [0.05, 0.1) is 12.1 Å². The fraction of sp³-hybridized carbons (Fsp3) is 0.562. The lowest BCUT2D eigenvalue weighted by molar-refractivity contribution is -0.143. The van der Waals surface area contributed by atoms with Gasteiger partial charge in [-0.15, -0.1) is 0 Å². The summed E-state index contributed by atoms with van der Waals surface area (Å²) in [5, 5.41) is 9.09. The van der Waals surface area contributed by atoms with Crippen molar-refractivity contribution in [2.45, 2.75) is 31.5 Å². The normalized spacial score (nSPS) is 28.2. The SMILES string of the molecule is O=C(O)C1CCN(C2CC(c3ccc4c(c3)OCO4)NN2)CC1. The van der Waals surface area contributed by atoms with Gasteiger partial charge in [0, 0.05) is 19.1 Å². The first-order valence-corrected chi connectivity index (χ1v) is 8.08. The molecule has 23 heavy (non-hydrogen) atoms. The van der Waals surface area contributed by atoms with E-state index in [-0.39, 0.29) is 24.9 Å². The number of nitrogens with one attached hydrogen (secondary N) is 2. The van der Waals surface area contributed by atoms with E-state index in [4.69, 9.17) is 14.6 Å². The van der Waals surface area contributed by atoms with Crippen molar-refractivity contribution in [1.29, 1.82) is 0 Å². The van der Waals surface area contributed by atoms with Crippen molar-refractivity contribution >= 4 is 5.97 Å². The maximum Gasteiger partial charge on any atom is 0.306 e. The molecule has 7 nitrogen and oxygen atoms in total. The van der Waals surface area contributed by atoms with Gasteiger partial charge in [0.15, 0.2) is 11.5 Å². The third-order valence-electron chi connectivity index (χ3n) is 5.00. The summed E-state index contributed by atoms with van der Waals surface area (Å²) in [6.45, 7) is 1.94. The van der Waals surface area contributed by atoms with Crippen molar-refractivity contribution in [1.82, 2.24) is 15.8 Å². The quantitative estimate of drug-likeness (QED) is 0.769. The Hall–Kier alpha value is -1.83. The number of benzene rings is 1. The number of hydrazine groups is 1. The van der Waals surface area contributed by atoms with Crippen molar-refractivity contribution < 1.29 is 19.4 Å². The van der Waals surface area contributed by atoms with E-state index in [1.54, 1.807) is 0 Å². The highest BCUT2D eigenvalue weighted by Crippen LogP contribution is 2.36. The van der Waals surface area contributed by atoms with Gasteiger partial charge in [-0.2, -0.15) is 0 Å². The van der Waals surface area contributed by atoms with E-state index in [0.29, 0.717) is 0 Å². The summed E-state index contributed by atoms with van der Waals surface area (Å²) in [7, 11) is 0. The molecule has 0 aromatic heterocycles. The molecule has 0 radical (unpaired) electrons. The number of ether oxygens (including phenoxy) is 2. The Bertz CT molecular complexity index is 601. The average Bonchev–Trinajstić information content (AvgIpc) is 3.23. The fourth-order valence-corrected chi connectivity index (χ4v) is 3.59. The summed E-state index contributed by atoms with van der Waals surface area (Å²) in [4.78, 5) is 13.4. The number of nitrogens with zero attached hydrogens (tertiary/aromatic N) is 1. The maximum atomic E-state index is 11.0. The number of piperidine rings is 1. The van der Waals surface area contributed by atoms with E-state index in [2.05, 4.69) is 21.8 Å². The number of carboxylic acid groups (broad SMARTS) is 1. The van der Waals surface area contributed by atoms with Gasteiger partial charge >= 0.3 is 5.97 Å². The number of likely N-dealkylation sites (tertiary alicyclic amines) is 1. The fourth-order valence-electron chi connectivity index (χ4n) is 3.59. The molecule has 3 heterocycles. The van der Waals surface area contributed by atoms with Gasteiger partial charge in [-0.05, 0) is 37.0 Å². The van der Waals surface area contributed by atoms with Gasteiger partial charge in [0.2, 0.25) is 6.79 Å². The third-order valence-corrected chi connectivity index (χ3v) is 5.00. The summed E-state index contributed by atoms with van der Waals surface area (Å²) in [5.41, 5.74) is 7.86. The number of aliphatic carboxylic acids is 1. The molecule has 2 atom stereocenters. The molecule has 2 unspecified atom stereocenters. The van der Waals surface area contributed by atoms with Crippen molar-refractivity contribution in [3.63, 3.8) is 0 Å². The molecule has 2 saturated heterocycles. The highest BCUT2D eigenvalue weighted by Gasteiger charge is 2.33. The smallest absolute Gasteiger partial charge is 0.306 e. The third kappa shape index (κ3) is 2.87. The van der Waals surface area contributed by atoms with Crippen LogP contribution in [0.25, 0.3) is 0 Å². The standard InChI is InChI=1S/C16H21N3O4/c20-16(21)10-3-5-19(6-4-10)15-8-12(17-18-15)11-1-2-13-14(7-11)23-9-22-13/h1-2,7,10,12,15,17-18H,3-6,8-9H2,(H,20,21). The zero-order valence-corrected chi connectivity index (χ0v) is 12.8. The number of carboxylic acids is 1. The number of carbonyl (C=O) groups is 1. The minimum atomic E-state index is -0.666. The van der Waals surface area contributed by atoms with Crippen LogP contribution in [0.15, 0.2) is 18.2 Å². The van der Waals surface area contributed by atoms with E-state index in [1.165, 1.54) is 5.56 Å². The molecule has 0 aliphatic carbocycles. The molecule has 124 valence electrons. The molecular formula is C16H21N3O4. The van der Waals surface area contributed by atoms with Crippen LogP contribution in [-0.2, 0) is 4.79 Å². The van der Waals surface area contributed by atoms with Crippen LogP contribution in [0, 0.1) is 5.92 Å². The van der Waals surface area contributed by atoms with Gasteiger partial charge in [-0.25, -0.2) is 10.9 Å². The Labute approximate surface area is 134 Å². The zero-order valence-electron chi connectivity index (χ0n) is 12.8. The van der Waals surface area contributed by atoms with Gasteiger partial charge < -0.3 is 14.6 Å². The average molecular weight is 319 g/mol. The molecule has 7 heteroatoms. The molecule has 0 spiro atoms. The minimum absolute atomic E-state index is 0.190. The van der Waals surface area contributed by atoms with E-state index in [9.17, 15) is 4.79 Å². The lowest BCUT2D eigenvalue weighted by Crippen LogP contribution is -2.48. The first kappa shape index (κ1) is 14.7. The van der Waals surface area contributed by atoms with E-state index in [0.717, 1.165) is 43.9 Å². The Morgan fingerprint density at radius 1 is 1.17 bits per heavy atom. The Kier molecular flexibility index (Phi) is 3.84. The molecule has 3 aliphatic heterocycles. The Balaban J connectivity index is 1.37. The molecule has 0 bridgehead atoms. The summed E-state index contributed by atoms with van der Waals surface area (Å²) < 4.78 is 10.8. The van der Waals surface area contributed by atoms with Crippen LogP contribution in [0.5, 0.6) is 11.5 Å². The Morgan fingerprint density at radius 3 is 2.74 bits per heavy atom. The molecule has 1 aromatic rings. The van der Waals surface area contributed by atoms with Crippen molar-refractivity contribution in [2.24, 2.45) is 5.92 Å². The van der Waals surface area contributed by atoms with Gasteiger partial charge in [0.1, 0.15) is 0 Å². The van der Waals surface area contributed by atoms with Crippen LogP contribution < -0.4 is 20.3 Å². The van der Waals surface area contributed by atoms with Crippen LogP contribution in [0.4, 0.5) is 0 Å². The second-order valence-corrected chi connectivity index (χ2v) is 6.35. The second kappa shape index (κ2) is 5.99. The monoisotopic (exact) mass is 319 g/mol. The molecule has 0 amide bonds. The first-order valence-electron chi connectivity index (χ1n) is 8.08. The van der Waals surface area contributed by atoms with Crippen LogP contribution in [0.1, 0.15) is 30.9 Å². The zero-order chi connectivity index (χ0) is 15.8. The predicted octanol–water partition coefficient (Wildman–Crippen LogP) is 1.08. The molecule has 1 aromatic carbocycles. The number of hydrogen-bond donors (Lipinski definition) is 3. The highest BCUT2D eigenvalue weighted by molar-refractivity contribution is 5.70. The number of hydrogen-bond acceptors (Lipinski definition) is 6. The van der Waals surface area contributed by atoms with E-state index < -0.39 is 5.97 Å². The summed E-state index contributed by atoms with van der Waals surface area (Å²) in [6.07, 6.45) is 2.63. The summed E-state index contributed by atoms with van der Waals surface area (Å²) >= 11 is 0. The topological polar surface area (TPSA) is 83.1 Å². The van der Waals surface area contributed by atoms with Gasteiger partial charge in [-0.3, -0.25) is 9.69 Å². The first-order chi connectivity index (χ1) is 11.2. The van der Waals surface area contributed by atoms with E-state index >= 15 is 0 Å². The number of rotatable bonds is 3. The lowest BCUT2D eigenvalue weighted by atomic mass is 9.96. The molecule has 3 N–H and O–H groups in total. The van der Waals surface area contributed by atoms with Crippen molar-refractivity contribution in [3.05, 3.63) is 23.8 Å².